The van der Waals surface area contributed by atoms with Crippen molar-refractivity contribution in [1.29, 1.82) is 0 Å². The monoisotopic (exact) mass is 399 g/mol. The summed E-state index contributed by atoms with van der Waals surface area (Å²) >= 11 is 6.19. The molecule has 1 amide bonds. The fourth-order valence-electron chi connectivity index (χ4n) is 3.51. The molecule has 0 saturated heterocycles. The first-order valence-corrected chi connectivity index (χ1v) is 9.89. The Labute approximate surface area is 170 Å². The second kappa shape index (κ2) is 8.65. The molecule has 1 heterocycles. The molecule has 1 aromatic heterocycles. The predicted molar refractivity (Wildman–Crippen MR) is 113 cm³/mol. The summed E-state index contributed by atoms with van der Waals surface area (Å²) in [6.45, 7) is 8.58. The number of imidazole rings is 1. The van der Waals surface area contributed by atoms with Gasteiger partial charge in [-0.05, 0) is 52.0 Å². The number of nitrogens with zero attached hydrogens (tertiary/aromatic N) is 3. The molecule has 5 nitrogen and oxygen atoms in total. The maximum atomic E-state index is 13.0. The summed E-state index contributed by atoms with van der Waals surface area (Å²) in [6.07, 6.45) is 0. The second-order valence-corrected chi connectivity index (χ2v) is 7.72. The minimum atomic E-state index is 0.0622. The van der Waals surface area contributed by atoms with Crippen molar-refractivity contribution in [2.24, 2.45) is 0 Å². The van der Waals surface area contributed by atoms with Gasteiger partial charge in [-0.15, -0.1) is 0 Å². The molecular weight excluding hydrogens is 374 g/mol. The molecule has 0 spiro atoms. The van der Waals surface area contributed by atoms with Gasteiger partial charge in [-0.1, -0.05) is 35.9 Å². The summed E-state index contributed by atoms with van der Waals surface area (Å²) in [4.78, 5) is 19.6. The van der Waals surface area contributed by atoms with Crippen LogP contribution in [0.2, 0.25) is 5.02 Å². The van der Waals surface area contributed by atoms with Crippen molar-refractivity contribution in [3.8, 4) is 5.75 Å². The fourth-order valence-corrected chi connectivity index (χ4v) is 3.70. The van der Waals surface area contributed by atoms with Crippen molar-refractivity contribution in [3.05, 3.63) is 59.4 Å². The first kappa shape index (κ1) is 20.2. The van der Waals surface area contributed by atoms with Crippen LogP contribution < -0.4 is 4.74 Å². The van der Waals surface area contributed by atoms with Gasteiger partial charge in [0.15, 0.2) is 0 Å². The van der Waals surface area contributed by atoms with Gasteiger partial charge in [0.25, 0.3) is 0 Å². The van der Waals surface area contributed by atoms with Crippen LogP contribution in [0.5, 0.6) is 5.75 Å². The number of fused-ring (bicyclic) bond motifs is 1. The average Bonchev–Trinajstić information content (AvgIpc) is 2.98. The average molecular weight is 400 g/mol. The van der Waals surface area contributed by atoms with Crippen molar-refractivity contribution in [1.82, 2.24) is 14.5 Å². The minimum Gasteiger partial charge on any atom is -0.484 e. The number of hydrogen-bond donors (Lipinski definition) is 0. The van der Waals surface area contributed by atoms with Gasteiger partial charge < -0.3 is 14.2 Å². The van der Waals surface area contributed by atoms with Crippen molar-refractivity contribution >= 4 is 28.5 Å². The zero-order valence-corrected chi connectivity index (χ0v) is 17.5. The number of hydrogen-bond acceptors (Lipinski definition) is 3. The van der Waals surface area contributed by atoms with E-state index in [2.05, 4.69) is 4.98 Å². The van der Waals surface area contributed by atoms with E-state index in [1.54, 1.807) is 6.07 Å². The molecule has 0 aliphatic carbocycles. The highest BCUT2D eigenvalue weighted by Gasteiger charge is 2.22. The number of carbonyl (C=O) groups is 1. The summed E-state index contributed by atoms with van der Waals surface area (Å²) < 4.78 is 7.83. The van der Waals surface area contributed by atoms with Crippen LogP contribution in [-0.4, -0.2) is 32.4 Å². The Kier molecular flexibility index (Phi) is 6.25. The third-order valence-electron chi connectivity index (χ3n) is 4.62. The summed E-state index contributed by atoms with van der Waals surface area (Å²) in [5, 5.41) is 0.548. The highest BCUT2D eigenvalue weighted by atomic mass is 35.5. The predicted octanol–water partition coefficient (Wildman–Crippen LogP) is 4.91. The smallest absolute Gasteiger partial charge is 0.243 e. The molecule has 0 N–H and O–H groups in total. The molecule has 0 aliphatic heterocycles. The summed E-state index contributed by atoms with van der Waals surface area (Å²) in [5.41, 5.74) is 1.76. The van der Waals surface area contributed by atoms with Crippen molar-refractivity contribution in [2.75, 3.05) is 0 Å². The first-order valence-electron chi connectivity index (χ1n) is 9.51. The van der Waals surface area contributed by atoms with Crippen molar-refractivity contribution in [2.45, 2.75) is 52.9 Å². The Morgan fingerprint density at radius 3 is 2.39 bits per heavy atom. The Balaban J connectivity index is 1.91. The number of para-hydroxylation sites is 3. The number of benzene rings is 2. The van der Waals surface area contributed by atoms with Crippen LogP contribution in [0, 0.1) is 0 Å². The van der Waals surface area contributed by atoms with Gasteiger partial charge in [0.05, 0.1) is 16.1 Å². The molecule has 3 rings (SSSR count). The maximum absolute atomic E-state index is 13.0. The van der Waals surface area contributed by atoms with E-state index in [0.717, 1.165) is 11.0 Å². The molecule has 0 saturated carbocycles. The van der Waals surface area contributed by atoms with Gasteiger partial charge in [-0.3, -0.25) is 4.79 Å². The summed E-state index contributed by atoms with van der Waals surface area (Å²) in [7, 11) is 0. The Morgan fingerprint density at radius 2 is 1.71 bits per heavy atom. The van der Waals surface area contributed by atoms with E-state index in [0.29, 0.717) is 16.6 Å². The molecule has 0 atom stereocenters. The fraction of sp³-hybridized carbons (Fsp3) is 0.364. The molecule has 3 aromatic rings. The zero-order chi connectivity index (χ0) is 20.3. The van der Waals surface area contributed by atoms with E-state index in [-0.39, 0.29) is 31.1 Å². The highest BCUT2D eigenvalue weighted by molar-refractivity contribution is 6.32. The number of amides is 1. The highest BCUT2D eigenvalue weighted by Crippen LogP contribution is 2.25. The van der Waals surface area contributed by atoms with Crippen LogP contribution in [0.1, 0.15) is 33.5 Å². The Morgan fingerprint density at radius 1 is 1.07 bits per heavy atom. The zero-order valence-electron chi connectivity index (χ0n) is 16.7. The van der Waals surface area contributed by atoms with E-state index in [9.17, 15) is 4.79 Å². The molecule has 0 fully saturated rings. The summed E-state index contributed by atoms with van der Waals surface area (Å²) in [6, 6.07) is 15.4. The Hall–Kier alpha value is -2.53. The van der Waals surface area contributed by atoms with Crippen LogP contribution in [0.4, 0.5) is 0 Å². The maximum Gasteiger partial charge on any atom is 0.243 e. The normalized spacial score (nSPS) is 11.4. The van der Waals surface area contributed by atoms with Gasteiger partial charge >= 0.3 is 0 Å². The number of ether oxygens (including phenoxy) is 1. The number of aromatic nitrogens is 2. The molecule has 2 aromatic carbocycles. The third-order valence-corrected chi connectivity index (χ3v) is 4.93. The third kappa shape index (κ3) is 4.30. The lowest BCUT2D eigenvalue weighted by Gasteiger charge is -2.31. The molecule has 148 valence electrons. The van der Waals surface area contributed by atoms with Crippen LogP contribution in [0.15, 0.2) is 48.5 Å². The SMILES string of the molecule is CC(C)N(C(=O)Cn1c(COc2ccccc2Cl)nc2ccccc21)C(C)C. The van der Waals surface area contributed by atoms with E-state index >= 15 is 0 Å². The van der Waals surface area contributed by atoms with E-state index < -0.39 is 0 Å². The number of carbonyl (C=O) groups excluding carboxylic acids is 1. The molecular formula is C22H26ClN3O2. The van der Waals surface area contributed by atoms with Crippen LogP contribution >= 0.6 is 11.6 Å². The summed E-state index contributed by atoms with van der Waals surface area (Å²) in [5.74, 6) is 1.36. The van der Waals surface area contributed by atoms with E-state index in [1.165, 1.54) is 0 Å². The van der Waals surface area contributed by atoms with E-state index in [1.807, 2.05) is 79.6 Å². The molecule has 28 heavy (non-hydrogen) atoms. The number of halogens is 1. The topological polar surface area (TPSA) is 47.4 Å². The van der Waals surface area contributed by atoms with Crippen LogP contribution in [0.25, 0.3) is 11.0 Å². The van der Waals surface area contributed by atoms with Gasteiger partial charge in [0.1, 0.15) is 24.7 Å². The lowest BCUT2D eigenvalue weighted by molar-refractivity contribution is -0.135. The van der Waals surface area contributed by atoms with E-state index in [4.69, 9.17) is 16.3 Å². The standard InChI is InChI=1S/C22H26ClN3O2/c1-15(2)26(16(3)4)22(27)13-25-19-11-7-6-10-18(19)24-21(25)14-28-20-12-8-5-9-17(20)23/h5-12,15-16H,13-14H2,1-4H3. The Bertz CT molecular complexity index is 957. The van der Waals surface area contributed by atoms with Crippen molar-refractivity contribution < 1.29 is 9.53 Å². The van der Waals surface area contributed by atoms with Gasteiger partial charge in [0, 0.05) is 12.1 Å². The van der Waals surface area contributed by atoms with Crippen LogP contribution in [0.3, 0.4) is 0 Å². The number of rotatable bonds is 7. The molecule has 0 radical (unpaired) electrons. The molecule has 0 aliphatic rings. The quantitative estimate of drug-likeness (QED) is 0.566. The lowest BCUT2D eigenvalue weighted by Crippen LogP contribution is -2.43. The second-order valence-electron chi connectivity index (χ2n) is 7.31. The molecule has 0 unspecified atom stereocenters. The minimum absolute atomic E-state index is 0.0622. The first-order chi connectivity index (χ1) is 13.4. The van der Waals surface area contributed by atoms with Gasteiger partial charge in [-0.2, -0.15) is 0 Å². The van der Waals surface area contributed by atoms with Gasteiger partial charge in [0.2, 0.25) is 5.91 Å². The van der Waals surface area contributed by atoms with Gasteiger partial charge in [-0.25, -0.2) is 4.98 Å². The lowest BCUT2D eigenvalue weighted by atomic mass is 10.2. The van der Waals surface area contributed by atoms with Crippen molar-refractivity contribution in [3.63, 3.8) is 0 Å². The van der Waals surface area contributed by atoms with Crippen LogP contribution in [-0.2, 0) is 17.9 Å². The molecule has 0 bridgehead atoms. The largest absolute Gasteiger partial charge is 0.484 e. The molecule has 6 heteroatoms.